The van der Waals surface area contributed by atoms with E-state index in [1.165, 1.54) is 11.8 Å². The van der Waals surface area contributed by atoms with Crippen LogP contribution in [0.2, 0.25) is 0 Å². The molecule has 4 unspecified atom stereocenters. The summed E-state index contributed by atoms with van der Waals surface area (Å²) in [5, 5.41) is 8.98. The number of aliphatic hydroxyl groups excluding tert-OH is 1. The van der Waals surface area contributed by atoms with Crippen LogP contribution in [0.15, 0.2) is 0 Å². The van der Waals surface area contributed by atoms with Crippen LogP contribution in [0.1, 0.15) is 13.3 Å². The summed E-state index contributed by atoms with van der Waals surface area (Å²) in [4.78, 5) is 28.2. The molecule has 0 rings (SSSR count). The highest BCUT2D eigenvalue weighted by Gasteiger charge is 2.26. The molecule has 29 heavy (non-hydrogen) atoms. The largest absolute Gasteiger partial charge is 0.472 e. The molecule has 17 heteroatoms. The fraction of sp³-hybridized carbons (Fsp3) is 1.00. The molecule has 0 aliphatic rings. The van der Waals surface area contributed by atoms with Gasteiger partial charge in [0.1, 0.15) is 0 Å². The Morgan fingerprint density at radius 3 is 1.48 bits per heavy atom. The zero-order chi connectivity index (χ0) is 22.4. The van der Waals surface area contributed by atoms with E-state index in [0.29, 0.717) is 12.2 Å². The molecule has 0 aliphatic carbocycles. The summed E-state index contributed by atoms with van der Waals surface area (Å²) in [5.41, 5.74) is 0. The van der Waals surface area contributed by atoms with Gasteiger partial charge in [-0.15, -0.1) is 0 Å². The summed E-state index contributed by atoms with van der Waals surface area (Å²) in [6.07, 6.45) is 2.32. The third kappa shape index (κ3) is 16.9. The highest BCUT2D eigenvalue weighted by atomic mass is 32.2. The molecule has 4 N–H and O–H groups in total. The molecule has 0 aromatic carbocycles. The number of hydrogen-bond acceptors (Lipinski definition) is 11. The van der Waals surface area contributed by atoms with Crippen LogP contribution in [0.3, 0.4) is 0 Å². The Morgan fingerprint density at radius 1 is 0.759 bits per heavy atom. The van der Waals surface area contributed by atoms with Crippen molar-refractivity contribution < 1.29 is 60.6 Å². The highest BCUT2D eigenvalue weighted by molar-refractivity contribution is 7.98. The molecule has 0 aliphatic heterocycles. The number of rotatable bonds is 19. The van der Waals surface area contributed by atoms with Gasteiger partial charge in [0.05, 0.1) is 39.6 Å². The van der Waals surface area contributed by atoms with Gasteiger partial charge in [-0.3, -0.25) is 27.1 Å². The Hall–Kier alpha value is 0.640. The molecule has 176 valence electrons. The monoisotopic (exact) mass is 506 g/mol. The van der Waals surface area contributed by atoms with Crippen LogP contribution in [0, 0.1) is 5.92 Å². The van der Waals surface area contributed by atoms with Gasteiger partial charge in [-0.1, -0.05) is 6.92 Å². The lowest BCUT2D eigenvalue weighted by molar-refractivity contribution is 0.0796. The summed E-state index contributed by atoms with van der Waals surface area (Å²) in [6.45, 7) is -0.840. The Morgan fingerprint density at radius 2 is 1.14 bits per heavy atom. The molecule has 0 amide bonds. The fourth-order valence-electron chi connectivity index (χ4n) is 1.46. The number of thioether (sulfide) groups is 1. The van der Waals surface area contributed by atoms with Gasteiger partial charge in [0, 0.05) is 18.3 Å². The van der Waals surface area contributed by atoms with Crippen LogP contribution in [0.4, 0.5) is 0 Å². The molecule has 0 saturated carbocycles. The van der Waals surface area contributed by atoms with Crippen LogP contribution in [0.25, 0.3) is 0 Å². The summed E-state index contributed by atoms with van der Waals surface area (Å²) < 4.78 is 62.1. The van der Waals surface area contributed by atoms with E-state index in [1.807, 2.05) is 0 Å². The summed E-state index contributed by atoms with van der Waals surface area (Å²) in [5.74, 6) is 0.159. The van der Waals surface area contributed by atoms with Crippen molar-refractivity contribution in [2.75, 3.05) is 58.3 Å². The number of hydrogen-bond donors (Lipinski definition) is 4. The number of aliphatic hydroxyl groups is 1. The molecule has 0 fully saturated rings. The predicted octanol–water partition coefficient (Wildman–Crippen LogP) is 1.77. The maximum absolute atomic E-state index is 11.6. The van der Waals surface area contributed by atoms with Crippen molar-refractivity contribution in [1.82, 2.24) is 0 Å². The highest BCUT2D eigenvalue weighted by Crippen LogP contribution is 2.46. The van der Waals surface area contributed by atoms with Crippen LogP contribution in [-0.4, -0.2) is 78.0 Å². The second kappa shape index (κ2) is 15.4. The molecule has 0 aromatic rings. The van der Waals surface area contributed by atoms with Crippen LogP contribution in [0.5, 0.6) is 0 Å². The Kier molecular flexibility index (Phi) is 15.8. The first-order valence-corrected chi connectivity index (χ1v) is 14.3. The SMILES string of the molecule is CCC(CO)COP(=O)(O)OCCOP(=O)(O)OCCOP(=O)(O)OCCSC. The average molecular weight is 506 g/mol. The first-order chi connectivity index (χ1) is 13.5. The van der Waals surface area contributed by atoms with Crippen molar-refractivity contribution in [2.45, 2.75) is 13.3 Å². The van der Waals surface area contributed by atoms with Crippen LogP contribution >= 0.6 is 35.2 Å². The van der Waals surface area contributed by atoms with Gasteiger partial charge in [0.2, 0.25) is 0 Å². The molecule has 0 aromatic heterocycles. The van der Waals surface area contributed by atoms with Gasteiger partial charge in [-0.25, -0.2) is 13.7 Å². The summed E-state index contributed by atoms with van der Waals surface area (Å²) in [6, 6.07) is 0. The first-order valence-electron chi connectivity index (χ1n) is 8.42. The minimum Gasteiger partial charge on any atom is -0.396 e. The second-order valence-electron chi connectivity index (χ2n) is 5.32. The first kappa shape index (κ1) is 29.6. The zero-order valence-corrected chi connectivity index (χ0v) is 19.7. The summed E-state index contributed by atoms with van der Waals surface area (Å²) in [7, 11) is -13.2. The summed E-state index contributed by atoms with van der Waals surface area (Å²) >= 11 is 1.41. The standard InChI is InChI=1S/C12H29O13P3S/c1-3-12(10-13)11-25-28(18,19)23-7-6-21-26(14,15)20-4-5-22-27(16,17)24-8-9-29-2/h12-13H,3-11H2,1-2H3,(H,14,15)(H,16,17)(H,18,19). The van der Waals surface area contributed by atoms with E-state index < -0.39 is 49.9 Å². The van der Waals surface area contributed by atoms with E-state index in [0.717, 1.165) is 0 Å². The molecule has 0 bridgehead atoms. The normalized spacial score (nSPS) is 19.2. The molecule has 13 nitrogen and oxygen atoms in total. The zero-order valence-electron chi connectivity index (χ0n) is 16.2. The number of phosphoric ester groups is 3. The van der Waals surface area contributed by atoms with Gasteiger partial charge in [-0.2, -0.15) is 11.8 Å². The molecular formula is C12H29O13P3S. The van der Waals surface area contributed by atoms with E-state index in [9.17, 15) is 28.4 Å². The minimum atomic E-state index is -4.54. The molecular weight excluding hydrogens is 477 g/mol. The van der Waals surface area contributed by atoms with Gasteiger partial charge in [0.25, 0.3) is 0 Å². The molecule has 0 saturated heterocycles. The van der Waals surface area contributed by atoms with E-state index in [-0.39, 0.29) is 25.7 Å². The minimum absolute atomic E-state index is 0.00503. The van der Waals surface area contributed by atoms with Crippen molar-refractivity contribution in [3.05, 3.63) is 0 Å². The number of phosphoric acid groups is 3. The van der Waals surface area contributed by atoms with E-state index in [1.54, 1.807) is 13.2 Å². The van der Waals surface area contributed by atoms with Crippen LogP contribution in [-0.2, 0) is 40.8 Å². The van der Waals surface area contributed by atoms with Crippen molar-refractivity contribution in [1.29, 1.82) is 0 Å². The molecule has 0 radical (unpaired) electrons. The van der Waals surface area contributed by atoms with Crippen LogP contribution < -0.4 is 0 Å². The van der Waals surface area contributed by atoms with Gasteiger partial charge in [0.15, 0.2) is 0 Å². The lowest BCUT2D eigenvalue weighted by Gasteiger charge is -2.17. The van der Waals surface area contributed by atoms with Crippen molar-refractivity contribution in [3.8, 4) is 0 Å². The lowest BCUT2D eigenvalue weighted by Crippen LogP contribution is -2.13. The van der Waals surface area contributed by atoms with Crippen molar-refractivity contribution in [2.24, 2.45) is 5.92 Å². The lowest BCUT2D eigenvalue weighted by atomic mass is 10.1. The van der Waals surface area contributed by atoms with Gasteiger partial charge in [-0.05, 0) is 12.7 Å². The topological polar surface area (TPSA) is 188 Å². The van der Waals surface area contributed by atoms with Crippen molar-refractivity contribution >= 4 is 35.2 Å². The maximum Gasteiger partial charge on any atom is 0.472 e. The van der Waals surface area contributed by atoms with E-state index in [4.69, 9.17) is 5.11 Å². The Bertz CT molecular complexity index is 573. The third-order valence-corrected chi connectivity index (χ3v) is 6.63. The smallest absolute Gasteiger partial charge is 0.396 e. The molecule has 0 heterocycles. The van der Waals surface area contributed by atoms with E-state index in [2.05, 4.69) is 27.1 Å². The Labute approximate surface area is 173 Å². The second-order valence-corrected chi connectivity index (χ2v) is 10.7. The fourth-order valence-corrected chi connectivity index (χ4v) is 4.00. The molecule has 4 atom stereocenters. The molecule has 0 spiro atoms. The quantitative estimate of drug-likeness (QED) is 0.147. The third-order valence-electron chi connectivity index (χ3n) is 3.04. The maximum atomic E-state index is 11.6. The average Bonchev–Trinajstić information content (AvgIpc) is 2.63. The van der Waals surface area contributed by atoms with Crippen molar-refractivity contribution in [3.63, 3.8) is 0 Å². The van der Waals surface area contributed by atoms with E-state index >= 15 is 0 Å². The van der Waals surface area contributed by atoms with Gasteiger partial charge < -0.3 is 19.8 Å². The predicted molar refractivity (Wildman–Crippen MR) is 104 cm³/mol. The van der Waals surface area contributed by atoms with Gasteiger partial charge >= 0.3 is 23.5 Å². The Balaban J connectivity index is 4.02.